The van der Waals surface area contributed by atoms with Gasteiger partial charge in [0.05, 0.1) is 17.0 Å². The van der Waals surface area contributed by atoms with Crippen LogP contribution in [-0.2, 0) is 21.9 Å². The van der Waals surface area contributed by atoms with Gasteiger partial charge < -0.3 is 20.0 Å². The van der Waals surface area contributed by atoms with Gasteiger partial charge in [-0.05, 0) is 42.8 Å². The minimum atomic E-state index is -4.50. The fraction of sp³-hybridized carbons (Fsp3) is 0.417. The third kappa shape index (κ3) is 6.68. The van der Waals surface area contributed by atoms with E-state index in [-0.39, 0.29) is 31.2 Å². The lowest BCUT2D eigenvalue weighted by Crippen LogP contribution is -2.26. The summed E-state index contributed by atoms with van der Waals surface area (Å²) in [4.78, 5) is 25.4. The van der Waals surface area contributed by atoms with Crippen LogP contribution in [0.5, 0.6) is 0 Å². The Morgan fingerprint density at radius 1 is 0.917 bits per heavy atom. The molecule has 2 aliphatic rings. The van der Waals surface area contributed by atoms with Crippen LogP contribution in [0.25, 0.3) is 0 Å². The Morgan fingerprint density at radius 2 is 1.47 bits per heavy atom. The number of alkyl halides is 6. The summed E-state index contributed by atoms with van der Waals surface area (Å²) in [6.07, 6.45) is -8.16. The molecule has 2 saturated heterocycles. The van der Waals surface area contributed by atoms with Crippen molar-refractivity contribution in [3.05, 3.63) is 59.7 Å². The molecule has 2 aromatic carbocycles. The SMILES string of the molecule is O=C(O)C1CC(=O)N(c2cccc(C(F)(F)F)c2)C1.OCC1CCN(c2cccc(C(F)(F)F)c2)C1. The van der Waals surface area contributed by atoms with E-state index in [0.29, 0.717) is 18.8 Å². The van der Waals surface area contributed by atoms with E-state index < -0.39 is 41.3 Å². The Hall–Kier alpha value is -3.28. The maximum Gasteiger partial charge on any atom is 0.416 e. The molecule has 0 saturated carbocycles. The van der Waals surface area contributed by atoms with Crippen LogP contribution < -0.4 is 9.80 Å². The third-order valence-electron chi connectivity index (χ3n) is 6.04. The Labute approximate surface area is 202 Å². The molecule has 2 aliphatic heterocycles. The zero-order chi connectivity index (χ0) is 26.7. The van der Waals surface area contributed by atoms with Crippen LogP contribution in [0.2, 0.25) is 0 Å². The van der Waals surface area contributed by atoms with E-state index in [1.54, 1.807) is 6.07 Å². The van der Waals surface area contributed by atoms with Gasteiger partial charge in [0.1, 0.15) is 0 Å². The molecule has 2 aromatic rings. The van der Waals surface area contributed by atoms with Gasteiger partial charge in [0, 0.05) is 50.0 Å². The van der Waals surface area contributed by atoms with Crippen molar-refractivity contribution >= 4 is 23.3 Å². The number of aliphatic hydroxyl groups is 1. The van der Waals surface area contributed by atoms with E-state index in [2.05, 4.69) is 0 Å². The fourth-order valence-electron chi connectivity index (χ4n) is 4.07. The molecule has 4 rings (SSSR count). The van der Waals surface area contributed by atoms with Crippen molar-refractivity contribution in [2.75, 3.05) is 36.0 Å². The van der Waals surface area contributed by atoms with Crippen molar-refractivity contribution in [3.63, 3.8) is 0 Å². The molecule has 0 radical (unpaired) electrons. The molecule has 2 heterocycles. The van der Waals surface area contributed by atoms with Crippen molar-refractivity contribution in [2.45, 2.75) is 25.2 Å². The molecule has 0 aromatic heterocycles. The number of carboxylic acid groups (broad SMARTS) is 1. The first kappa shape index (κ1) is 27.3. The van der Waals surface area contributed by atoms with Gasteiger partial charge in [-0.1, -0.05) is 12.1 Å². The predicted molar refractivity (Wildman–Crippen MR) is 118 cm³/mol. The zero-order valence-electron chi connectivity index (χ0n) is 18.9. The first-order valence-electron chi connectivity index (χ1n) is 11.0. The van der Waals surface area contributed by atoms with Crippen molar-refractivity contribution < 1.29 is 46.1 Å². The van der Waals surface area contributed by atoms with Crippen LogP contribution >= 0.6 is 0 Å². The lowest BCUT2D eigenvalue weighted by Gasteiger charge is -2.19. The first-order chi connectivity index (χ1) is 16.8. The highest BCUT2D eigenvalue weighted by molar-refractivity contribution is 5.99. The molecule has 2 fully saturated rings. The quantitative estimate of drug-likeness (QED) is 0.576. The number of benzene rings is 2. The number of hydrogen-bond acceptors (Lipinski definition) is 4. The second kappa shape index (κ2) is 10.8. The van der Waals surface area contributed by atoms with Gasteiger partial charge in [-0.25, -0.2) is 0 Å². The number of anilines is 2. The molecule has 36 heavy (non-hydrogen) atoms. The van der Waals surface area contributed by atoms with Crippen LogP contribution in [0.4, 0.5) is 37.7 Å². The Kier molecular flexibility index (Phi) is 8.17. The molecular formula is C24H24F6N2O4. The highest BCUT2D eigenvalue weighted by atomic mass is 19.4. The van der Waals surface area contributed by atoms with Crippen LogP contribution in [0.1, 0.15) is 24.0 Å². The second-order valence-corrected chi connectivity index (χ2v) is 8.62. The Balaban J connectivity index is 0.000000202. The lowest BCUT2D eigenvalue weighted by molar-refractivity contribution is -0.141. The number of halogens is 6. The van der Waals surface area contributed by atoms with Crippen LogP contribution in [0, 0.1) is 11.8 Å². The molecule has 0 spiro atoms. The molecule has 2 N–H and O–H groups in total. The summed E-state index contributed by atoms with van der Waals surface area (Å²) in [6, 6.07) is 9.64. The molecule has 0 bridgehead atoms. The smallest absolute Gasteiger partial charge is 0.416 e. The number of amides is 1. The predicted octanol–water partition coefficient (Wildman–Crippen LogP) is 4.67. The summed E-state index contributed by atoms with van der Waals surface area (Å²) in [7, 11) is 0. The number of aliphatic hydroxyl groups excluding tert-OH is 1. The summed E-state index contributed by atoms with van der Waals surface area (Å²) < 4.78 is 75.3. The number of carboxylic acids is 1. The van der Waals surface area contributed by atoms with E-state index in [0.717, 1.165) is 29.5 Å². The van der Waals surface area contributed by atoms with Crippen LogP contribution in [0.15, 0.2) is 48.5 Å². The maximum absolute atomic E-state index is 12.6. The molecule has 2 atom stereocenters. The minimum absolute atomic E-state index is 0.0728. The van der Waals surface area contributed by atoms with Crippen molar-refractivity contribution in [2.24, 2.45) is 11.8 Å². The molecular weight excluding hydrogens is 494 g/mol. The molecule has 0 aliphatic carbocycles. The van der Waals surface area contributed by atoms with Gasteiger partial charge in [-0.15, -0.1) is 0 Å². The van der Waals surface area contributed by atoms with Gasteiger partial charge in [0.2, 0.25) is 5.91 Å². The van der Waals surface area contributed by atoms with Gasteiger partial charge in [-0.2, -0.15) is 26.3 Å². The minimum Gasteiger partial charge on any atom is -0.481 e. The normalized spacial score (nSPS) is 20.4. The highest BCUT2D eigenvalue weighted by Gasteiger charge is 2.37. The summed E-state index contributed by atoms with van der Waals surface area (Å²) in [6.45, 7) is 1.31. The number of hydrogen-bond donors (Lipinski definition) is 2. The lowest BCUT2D eigenvalue weighted by atomic mass is 10.1. The summed E-state index contributed by atoms with van der Waals surface area (Å²) >= 11 is 0. The molecule has 1 amide bonds. The molecule has 6 nitrogen and oxygen atoms in total. The second-order valence-electron chi connectivity index (χ2n) is 8.62. The van der Waals surface area contributed by atoms with Crippen molar-refractivity contribution in [1.29, 1.82) is 0 Å². The summed E-state index contributed by atoms with van der Waals surface area (Å²) in [5, 5.41) is 17.8. The largest absolute Gasteiger partial charge is 0.481 e. The van der Waals surface area contributed by atoms with Crippen LogP contribution in [-0.4, -0.2) is 48.3 Å². The Morgan fingerprint density at radius 3 is 1.94 bits per heavy atom. The van der Waals surface area contributed by atoms with E-state index in [9.17, 15) is 35.9 Å². The van der Waals surface area contributed by atoms with E-state index in [4.69, 9.17) is 10.2 Å². The van der Waals surface area contributed by atoms with E-state index in [1.807, 2.05) is 4.90 Å². The van der Waals surface area contributed by atoms with E-state index >= 15 is 0 Å². The average molecular weight is 518 g/mol. The van der Waals surface area contributed by atoms with Gasteiger partial charge in [0.15, 0.2) is 0 Å². The van der Waals surface area contributed by atoms with Crippen LogP contribution in [0.3, 0.4) is 0 Å². The standard InChI is InChI=1S/C12H10F3NO3.C12H14F3NO/c13-12(14,15)8-2-1-3-9(5-8)16-6-7(11(18)19)4-10(16)17;13-12(14,15)10-2-1-3-11(6-10)16-5-4-9(7-16)8-17/h1-3,5,7H,4,6H2,(H,18,19);1-3,6,9,17H,4-5,7-8H2. The van der Waals surface area contributed by atoms with Crippen molar-refractivity contribution in [3.8, 4) is 0 Å². The number of carbonyl (C=O) groups is 2. The summed E-state index contributed by atoms with van der Waals surface area (Å²) in [5.41, 5.74) is -0.835. The Bertz CT molecular complexity index is 1090. The van der Waals surface area contributed by atoms with Gasteiger partial charge in [0.25, 0.3) is 0 Å². The molecule has 2 unspecified atom stereocenters. The topological polar surface area (TPSA) is 81.1 Å². The number of nitrogens with zero attached hydrogens (tertiary/aromatic N) is 2. The zero-order valence-corrected chi connectivity index (χ0v) is 18.9. The van der Waals surface area contributed by atoms with Gasteiger partial charge in [-0.3, -0.25) is 9.59 Å². The molecule has 196 valence electrons. The monoisotopic (exact) mass is 518 g/mol. The fourth-order valence-corrected chi connectivity index (χ4v) is 4.07. The maximum atomic E-state index is 12.6. The van der Waals surface area contributed by atoms with Gasteiger partial charge >= 0.3 is 18.3 Å². The number of carbonyl (C=O) groups excluding carboxylic acids is 1. The summed E-state index contributed by atoms with van der Waals surface area (Å²) in [5.74, 6) is -2.30. The highest BCUT2D eigenvalue weighted by Crippen LogP contribution is 2.34. The molecule has 12 heteroatoms. The third-order valence-corrected chi connectivity index (χ3v) is 6.04. The first-order valence-corrected chi connectivity index (χ1v) is 11.0. The number of aliphatic carboxylic acids is 1. The average Bonchev–Trinajstić information content (AvgIpc) is 3.45. The van der Waals surface area contributed by atoms with E-state index in [1.165, 1.54) is 24.3 Å². The van der Waals surface area contributed by atoms with Crippen molar-refractivity contribution in [1.82, 2.24) is 0 Å². The number of rotatable bonds is 4.